The number of anilines is 2. The number of aromatic nitrogens is 2. The Balaban J connectivity index is 1.35. The van der Waals surface area contributed by atoms with Crippen LogP contribution in [0.1, 0.15) is 75.5 Å². The second-order valence-corrected chi connectivity index (χ2v) is 8.81. The van der Waals surface area contributed by atoms with Gasteiger partial charge in [0.05, 0.1) is 5.69 Å². The Kier molecular flexibility index (Phi) is 3.88. The number of hydrogen-bond donors (Lipinski definition) is 2. The van der Waals surface area contributed by atoms with E-state index in [1.54, 1.807) is 0 Å². The number of rotatable bonds is 3. The SMILES string of the molecule is Nc1nc(NC2CC(N3CCCC3)C2)c2c(n1)C1(CCCC1)CCC2. The molecule has 5 nitrogen and oxygen atoms in total. The number of fused-ring (bicyclic) bond motifs is 2. The minimum absolute atomic E-state index is 0.304. The predicted octanol–water partition coefficient (Wildman–Crippen LogP) is 3.25. The second-order valence-electron chi connectivity index (χ2n) is 8.81. The van der Waals surface area contributed by atoms with Crippen molar-refractivity contribution >= 4 is 11.8 Å². The van der Waals surface area contributed by atoms with Crippen LogP contribution >= 0.6 is 0 Å². The molecule has 0 unspecified atom stereocenters. The molecule has 3 fully saturated rings. The maximum Gasteiger partial charge on any atom is 0.222 e. The Morgan fingerprint density at radius 2 is 1.68 bits per heavy atom. The monoisotopic (exact) mass is 341 g/mol. The van der Waals surface area contributed by atoms with Gasteiger partial charge in [0.15, 0.2) is 0 Å². The summed E-state index contributed by atoms with van der Waals surface area (Å²) in [7, 11) is 0. The maximum absolute atomic E-state index is 6.13. The van der Waals surface area contributed by atoms with Gasteiger partial charge in [-0.2, -0.15) is 4.98 Å². The summed E-state index contributed by atoms with van der Waals surface area (Å²) in [4.78, 5) is 12.1. The molecule has 4 aliphatic rings. The molecule has 2 saturated carbocycles. The fraction of sp³-hybridized carbons (Fsp3) is 0.800. The van der Waals surface area contributed by atoms with Crippen LogP contribution in [0.5, 0.6) is 0 Å². The zero-order valence-electron chi connectivity index (χ0n) is 15.3. The van der Waals surface area contributed by atoms with E-state index in [2.05, 4.69) is 15.2 Å². The van der Waals surface area contributed by atoms with Crippen LogP contribution in [0.4, 0.5) is 11.8 Å². The van der Waals surface area contributed by atoms with Gasteiger partial charge in [-0.05, 0) is 70.9 Å². The van der Waals surface area contributed by atoms with Crippen molar-refractivity contribution in [2.24, 2.45) is 0 Å². The van der Waals surface area contributed by atoms with Crippen LogP contribution in [0.2, 0.25) is 0 Å². The van der Waals surface area contributed by atoms with Crippen molar-refractivity contribution in [1.29, 1.82) is 0 Å². The first-order valence-electron chi connectivity index (χ1n) is 10.4. The third-order valence-electron chi connectivity index (χ3n) is 7.28. The average molecular weight is 342 g/mol. The maximum atomic E-state index is 6.13. The topological polar surface area (TPSA) is 67.1 Å². The van der Waals surface area contributed by atoms with E-state index in [9.17, 15) is 0 Å². The third-order valence-corrected chi connectivity index (χ3v) is 7.28. The van der Waals surface area contributed by atoms with Crippen molar-refractivity contribution in [3.63, 3.8) is 0 Å². The minimum Gasteiger partial charge on any atom is -0.368 e. The summed E-state index contributed by atoms with van der Waals surface area (Å²) < 4.78 is 0. The van der Waals surface area contributed by atoms with Gasteiger partial charge in [-0.1, -0.05) is 12.8 Å². The minimum atomic E-state index is 0.304. The van der Waals surface area contributed by atoms with E-state index >= 15 is 0 Å². The summed E-state index contributed by atoms with van der Waals surface area (Å²) in [5, 5.41) is 3.75. The summed E-state index contributed by atoms with van der Waals surface area (Å²) in [5.74, 6) is 1.52. The highest BCUT2D eigenvalue weighted by Crippen LogP contribution is 2.49. The van der Waals surface area contributed by atoms with Crippen LogP contribution in [-0.2, 0) is 11.8 Å². The molecule has 1 aromatic heterocycles. The molecule has 3 N–H and O–H groups in total. The van der Waals surface area contributed by atoms with Gasteiger partial charge >= 0.3 is 0 Å². The molecule has 0 amide bonds. The van der Waals surface area contributed by atoms with Crippen LogP contribution in [0, 0.1) is 0 Å². The molecule has 136 valence electrons. The Morgan fingerprint density at radius 1 is 0.960 bits per heavy atom. The van der Waals surface area contributed by atoms with E-state index in [0.717, 1.165) is 18.3 Å². The van der Waals surface area contributed by atoms with Crippen molar-refractivity contribution < 1.29 is 0 Å². The number of nitrogens with two attached hydrogens (primary N) is 1. The van der Waals surface area contributed by atoms with Crippen LogP contribution in [-0.4, -0.2) is 40.0 Å². The normalized spacial score (nSPS) is 31.0. The number of likely N-dealkylation sites (tertiary alicyclic amines) is 1. The van der Waals surface area contributed by atoms with E-state index in [0.29, 0.717) is 17.4 Å². The van der Waals surface area contributed by atoms with Gasteiger partial charge < -0.3 is 16.0 Å². The van der Waals surface area contributed by atoms with Crippen molar-refractivity contribution in [2.45, 2.75) is 88.1 Å². The lowest BCUT2D eigenvalue weighted by molar-refractivity contribution is 0.145. The van der Waals surface area contributed by atoms with E-state index < -0.39 is 0 Å². The second kappa shape index (κ2) is 6.11. The standard InChI is InChI=1S/C20H31N5/c21-19-23-17-16(6-5-9-20(17)7-1-2-8-20)18(24-19)22-14-12-15(13-14)25-10-3-4-11-25/h14-15H,1-13H2,(H3,21,22,23,24). The fourth-order valence-electron chi connectivity index (χ4n) is 5.86. The van der Waals surface area contributed by atoms with Gasteiger partial charge in [0.1, 0.15) is 5.82 Å². The number of nitrogens with zero attached hydrogens (tertiary/aromatic N) is 3. The number of nitrogen functional groups attached to an aromatic ring is 1. The molecule has 0 radical (unpaired) electrons. The van der Waals surface area contributed by atoms with Crippen LogP contribution in [0.15, 0.2) is 0 Å². The first-order valence-corrected chi connectivity index (χ1v) is 10.4. The highest BCUT2D eigenvalue weighted by atomic mass is 15.2. The van der Waals surface area contributed by atoms with Gasteiger partial charge in [-0.15, -0.1) is 0 Å². The molecule has 5 rings (SSSR count). The van der Waals surface area contributed by atoms with Gasteiger partial charge in [0.2, 0.25) is 5.95 Å². The molecule has 1 aromatic rings. The molecule has 0 atom stereocenters. The lowest BCUT2D eigenvalue weighted by Gasteiger charge is -2.42. The molecule has 3 aliphatic carbocycles. The van der Waals surface area contributed by atoms with Crippen LogP contribution in [0.25, 0.3) is 0 Å². The molecule has 1 spiro atoms. The highest BCUT2D eigenvalue weighted by Gasteiger charge is 2.42. The molecule has 0 bridgehead atoms. The summed E-state index contributed by atoms with van der Waals surface area (Å²) in [6.45, 7) is 2.60. The lowest BCUT2D eigenvalue weighted by atomic mass is 9.71. The zero-order chi connectivity index (χ0) is 16.9. The largest absolute Gasteiger partial charge is 0.368 e. The Bertz CT molecular complexity index is 640. The quantitative estimate of drug-likeness (QED) is 0.883. The summed E-state index contributed by atoms with van der Waals surface area (Å²) in [5.41, 5.74) is 9.10. The first-order chi connectivity index (χ1) is 12.2. The summed E-state index contributed by atoms with van der Waals surface area (Å²) in [6.07, 6.45) is 14.2. The zero-order valence-corrected chi connectivity index (χ0v) is 15.3. The van der Waals surface area contributed by atoms with E-state index in [4.69, 9.17) is 10.7 Å². The van der Waals surface area contributed by atoms with Crippen molar-refractivity contribution in [3.05, 3.63) is 11.3 Å². The first kappa shape index (κ1) is 15.9. The van der Waals surface area contributed by atoms with Gasteiger partial charge in [0.25, 0.3) is 0 Å². The molecule has 1 aliphatic heterocycles. The van der Waals surface area contributed by atoms with Crippen molar-refractivity contribution in [3.8, 4) is 0 Å². The van der Waals surface area contributed by atoms with Gasteiger partial charge in [-0.25, -0.2) is 4.98 Å². The fourth-order valence-corrected chi connectivity index (χ4v) is 5.86. The van der Waals surface area contributed by atoms with Crippen LogP contribution < -0.4 is 11.1 Å². The summed E-state index contributed by atoms with van der Waals surface area (Å²) in [6, 6.07) is 1.35. The predicted molar refractivity (Wildman–Crippen MR) is 101 cm³/mol. The van der Waals surface area contributed by atoms with Gasteiger partial charge in [0, 0.05) is 23.1 Å². The third kappa shape index (κ3) is 2.71. The van der Waals surface area contributed by atoms with E-state index in [1.165, 1.54) is 88.6 Å². The smallest absolute Gasteiger partial charge is 0.222 e. The van der Waals surface area contributed by atoms with E-state index in [-0.39, 0.29) is 0 Å². The molecule has 1 saturated heterocycles. The van der Waals surface area contributed by atoms with Gasteiger partial charge in [-0.3, -0.25) is 0 Å². The Morgan fingerprint density at radius 3 is 2.44 bits per heavy atom. The lowest BCUT2D eigenvalue weighted by Crippen LogP contribution is -2.49. The average Bonchev–Trinajstić information content (AvgIpc) is 3.24. The molecule has 2 heterocycles. The Hall–Kier alpha value is -1.36. The molecule has 5 heteroatoms. The summed E-state index contributed by atoms with van der Waals surface area (Å²) >= 11 is 0. The van der Waals surface area contributed by atoms with Crippen LogP contribution in [0.3, 0.4) is 0 Å². The molecule has 25 heavy (non-hydrogen) atoms. The van der Waals surface area contributed by atoms with Crippen molar-refractivity contribution in [1.82, 2.24) is 14.9 Å². The van der Waals surface area contributed by atoms with Crippen molar-refractivity contribution in [2.75, 3.05) is 24.1 Å². The molecular weight excluding hydrogens is 310 g/mol. The highest BCUT2D eigenvalue weighted by molar-refractivity contribution is 5.54. The molecular formula is C20H31N5. The van der Waals surface area contributed by atoms with E-state index in [1.807, 2.05) is 0 Å². The molecule has 0 aromatic carbocycles. The Labute approximate surface area is 150 Å². The number of hydrogen-bond acceptors (Lipinski definition) is 5. The number of nitrogens with one attached hydrogen (secondary N) is 1.